The number of amides is 1. The van der Waals surface area contributed by atoms with Gasteiger partial charge in [0.2, 0.25) is 0 Å². The lowest BCUT2D eigenvalue weighted by Crippen LogP contribution is -2.34. The van der Waals surface area contributed by atoms with E-state index in [1.165, 1.54) is 6.92 Å². The van der Waals surface area contributed by atoms with Gasteiger partial charge in [0.15, 0.2) is 5.12 Å². The molecule has 0 aliphatic carbocycles. The molecule has 28 heavy (non-hydrogen) atoms. The molecule has 2 aromatic rings. The van der Waals surface area contributed by atoms with Crippen molar-refractivity contribution >= 4 is 28.9 Å². The Morgan fingerprint density at radius 1 is 0.893 bits per heavy atom. The minimum absolute atomic E-state index is 0.0801. The first kappa shape index (κ1) is 21.5. The predicted molar refractivity (Wildman–Crippen MR) is 107 cm³/mol. The Bertz CT molecular complexity index is 767. The summed E-state index contributed by atoms with van der Waals surface area (Å²) in [4.78, 5) is 35.4. The number of esters is 1. The maximum atomic E-state index is 12.0. The second kappa shape index (κ2) is 11.8. The summed E-state index contributed by atoms with van der Waals surface area (Å²) in [5.74, 6) is -0.391. The molecule has 0 saturated carbocycles. The van der Waals surface area contributed by atoms with Crippen LogP contribution in [0.15, 0.2) is 60.7 Å². The Labute approximate surface area is 168 Å². The number of nitrogens with one attached hydrogen (secondary N) is 1. The molecule has 6 nitrogen and oxygen atoms in total. The number of alkyl carbamates (subject to hydrolysis) is 1. The monoisotopic (exact) mass is 401 g/mol. The Kier molecular flexibility index (Phi) is 9.07. The molecule has 0 heterocycles. The van der Waals surface area contributed by atoms with Crippen LogP contribution in [0.25, 0.3) is 0 Å². The van der Waals surface area contributed by atoms with E-state index < -0.39 is 17.4 Å². The van der Waals surface area contributed by atoms with E-state index in [9.17, 15) is 14.4 Å². The second-order valence-corrected chi connectivity index (χ2v) is 7.37. The van der Waals surface area contributed by atoms with Crippen molar-refractivity contribution in [2.24, 2.45) is 0 Å². The first-order chi connectivity index (χ1) is 13.5. The van der Waals surface area contributed by atoms with Crippen molar-refractivity contribution in [1.29, 1.82) is 0 Å². The molecule has 2 aromatic carbocycles. The highest BCUT2D eigenvalue weighted by molar-refractivity contribution is 8.14. The predicted octanol–water partition coefficient (Wildman–Crippen LogP) is 4.04. The van der Waals surface area contributed by atoms with Gasteiger partial charge >= 0.3 is 12.1 Å². The third-order valence-electron chi connectivity index (χ3n) is 3.65. The van der Waals surface area contributed by atoms with E-state index >= 15 is 0 Å². The SMILES string of the molecule is CC(=O)SC(CCC(=O)OCc1ccccc1)NC(=O)OCc1ccccc1. The van der Waals surface area contributed by atoms with Gasteiger partial charge in [-0.15, -0.1) is 0 Å². The first-order valence-corrected chi connectivity index (χ1v) is 9.75. The zero-order valence-electron chi connectivity index (χ0n) is 15.6. The average Bonchev–Trinajstić information content (AvgIpc) is 2.70. The summed E-state index contributed by atoms with van der Waals surface area (Å²) in [5, 5.41) is 1.90. The summed E-state index contributed by atoms with van der Waals surface area (Å²) in [7, 11) is 0. The number of carbonyl (C=O) groups is 3. The topological polar surface area (TPSA) is 81.7 Å². The zero-order chi connectivity index (χ0) is 20.2. The van der Waals surface area contributed by atoms with Crippen LogP contribution in [0.5, 0.6) is 0 Å². The van der Waals surface area contributed by atoms with Gasteiger partial charge in [0, 0.05) is 13.3 Å². The van der Waals surface area contributed by atoms with E-state index in [0.29, 0.717) is 0 Å². The summed E-state index contributed by atoms with van der Waals surface area (Å²) in [6.45, 7) is 1.72. The summed E-state index contributed by atoms with van der Waals surface area (Å²) < 4.78 is 10.4. The fourth-order valence-electron chi connectivity index (χ4n) is 2.32. The molecule has 1 atom stereocenters. The molecule has 0 radical (unpaired) electrons. The summed E-state index contributed by atoms with van der Waals surface area (Å²) in [6, 6.07) is 18.6. The molecule has 7 heteroatoms. The number of ether oxygens (including phenoxy) is 2. The fourth-order valence-corrected chi connectivity index (χ4v) is 3.11. The molecule has 0 fully saturated rings. The van der Waals surface area contributed by atoms with Crippen molar-refractivity contribution in [1.82, 2.24) is 5.32 Å². The van der Waals surface area contributed by atoms with E-state index in [4.69, 9.17) is 9.47 Å². The van der Waals surface area contributed by atoms with Gasteiger partial charge in [-0.3, -0.25) is 9.59 Å². The van der Waals surface area contributed by atoms with Crippen LogP contribution >= 0.6 is 11.8 Å². The third kappa shape index (κ3) is 8.73. The van der Waals surface area contributed by atoms with Crippen LogP contribution in [0.1, 0.15) is 30.9 Å². The summed E-state index contributed by atoms with van der Waals surface area (Å²) >= 11 is 0.947. The number of benzene rings is 2. The number of carbonyl (C=O) groups excluding carboxylic acids is 3. The van der Waals surface area contributed by atoms with E-state index in [1.54, 1.807) is 0 Å². The van der Waals surface area contributed by atoms with Crippen LogP contribution in [0, 0.1) is 0 Å². The number of hydrogen-bond acceptors (Lipinski definition) is 6. The molecule has 148 valence electrons. The lowest BCUT2D eigenvalue weighted by atomic mass is 10.2. The van der Waals surface area contributed by atoms with Crippen molar-refractivity contribution in [3.05, 3.63) is 71.8 Å². The van der Waals surface area contributed by atoms with E-state index in [0.717, 1.165) is 22.9 Å². The minimum Gasteiger partial charge on any atom is -0.461 e. The smallest absolute Gasteiger partial charge is 0.408 e. The fraction of sp³-hybridized carbons (Fsp3) is 0.286. The highest BCUT2D eigenvalue weighted by Gasteiger charge is 2.18. The Morgan fingerprint density at radius 2 is 1.43 bits per heavy atom. The lowest BCUT2D eigenvalue weighted by Gasteiger charge is -2.16. The van der Waals surface area contributed by atoms with Crippen LogP contribution in [-0.2, 0) is 32.3 Å². The van der Waals surface area contributed by atoms with Crippen LogP contribution in [0.4, 0.5) is 4.79 Å². The molecule has 0 aliphatic rings. The van der Waals surface area contributed by atoms with E-state index in [2.05, 4.69) is 5.32 Å². The van der Waals surface area contributed by atoms with E-state index in [1.807, 2.05) is 60.7 Å². The van der Waals surface area contributed by atoms with Crippen LogP contribution < -0.4 is 5.32 Å². The summed E-state index contributed by atoms with van der Waals surface area (Å²) in [5.41, 5.74) is 1.76. The average molecular weight is 401 g/mol. The molecule has 0 bridgehead atoms. The highest BCUT2D eigenvalue weighted by atomic mass is 32.2. The van der Waals surface area contributed by atoms with E-state index in [-0.39, 0.29) is 31.2 Å². The third-order valence-corrected chi connectivity index (χ3v) is 4.62. The van der Waals surface area contributed by atoms with Gasteiger partial charge in [-0.25, -0.2) is 4.79 Å². The molecule has 2 rings (SSSR count). The van der Waals surface area contributed by atoms with Gasteiger partial charge in [0.25, 0.3) is 0 Å². The van der Waals surface area contributed by atoms with Gasteiger partial charge in [-0.05, 0) is 17.5 Å². The summed E-state index contributed by atoms with van der Waals surface area (Å²) in [6.07, 6.45) is -0.296. The Balaban J connectivity index is 1.75. The van der Waals surface area contributed by atoms with Crippen molar-refractivity contribution in [2.75, 3.05) is 0 Å². The standard InChI is InChI=1S/C21H23NO5S/c1-16(23)28-19(22-21(25)27-15-18-10-6-3-7-11-18)12-13-20(24)26-14-17-8-4-2-5-9-17/h2-11,19H,12-15H2,1H3,(H,22,25). The van der Waals surface area contributed by atoms with Crippen LogP contribution in [0.3, 0.4) is 0 Å². The molecule has 0 spiro atoms. The van der Waals surface area contributed by atoms with Crippen molar-refractivity contribution in [2.45, 2.75) is 38.4 Å². The van der Waals surface area contributed by atoms with Crippen molar-refractivity contribution in [3.63, 3.8) is 0 Å². The number of rotatable bonds is 9. The van der Waals surface area contributed by atoms with Crippen LogP contribution in [0.2, 0.25) is 0 Å². The van der Waals surface area contributed by atoms with Gasteiger partial charge in [0.1, 0.15) is 13.2 Å². The molecular weight excluding hydrogens is 378 g/mol. The Hall–Kier alpha value is -2.80. The number of hydrogen-bond donors (Lipinski definition) is 1. The van der Waals surface area contributed by atoms with Gasteiger partial charge < -0.3 is 14.8 Å². The molecule has 0 aromatic heterocycles. The molecule has 0 saturated heterocycles. The van der Waals surface area contributed by atoms with Crippen molar-refractivity contribution in [3.8, 4) is 0 Å². The molecule has 1 amide bonds. The maximum Gasteiger partial charge on any atom is 0.408 e. The molecule has 1 unspecified atom stereocenters. The van der Waals surface area contributed by atoms with Gasteiger partial charge in [-0.1, -0.05) is 72.4 Å². The molecule has 0 aliphatic heterocycles. The minimum atomic E-state index is -0.639. The first-order valence-electron chi connectivity index (χ1n) is 8.87. The molecule has 1 N–H and O–H groups in total. The Morgan fingerprint density at radius 3 is 1.96 bits per heavy atom. The normalized spacial score (nSPS) is 11.3. The quantitative estimate of drug-likeness (QED) is 0.504. The maximum absolute atomic E-state index is 12.0. The van der Waals surface area contributed by atoms with Crippen LogP contribution in [-0.4, -0.2) is 22.6 Å². The van der Waals surface area contributed by atoms with Gasteiger partial charge in [-0.2, -0.15) is 0 Å². The lowest BCUT2D eigenvalue weighted by molar-refractivity contribution is -0.145. The van der Waals surface area contributed by atoms with Gasteiger partial charge in [0.05, 0.1) is 5.37 Å². The highest BCUT2D eigenvalue weighted by Crippen LogP contribution is 2.16. The van der Waals surface area contributed by atoms with Crippen molar-refractivity contribution < 1.29 is 23.9 Å². The molecular formula is C21H23NO5S. The second-order valence-electron chi connectivity index (χ2n) is 5.99. The number of thioether (sulfide) groups is 1. The zero-order valence-corrected chi connectivity index (χ0v) is 16.4. The largest absolute Gasteiger partial charge is 0.461 e.